The third kappa shape index (κ3) is 3.05. The van der Waals surface area contributed by atoms with Crippen LogP contribution in [0.1, 0.15) is 24.1 Å². The zero-order chi connectivity index (χ0) is 14.0. The molecule has 0 saturated carbocycles. The summed E-state index contributed by atoms with van der Waals surface area (Å²) >= 11 is 0. The van der Waals surface area contributed by atoms with E-state index in [2.05, 4.69) is 20.4 Å². The van der Waals surface area contributed by atoms with E-state index in [1.165, 1.54) is 0 Å². The number of hydrogen-bond donors (Lipinski definition) is 2. The van der Waals surface area contributed by atoms with Gasteiger partial charge in [-0.25, -0.2) is 9.50 Å². The van der Waals surface area contributed by atoms with Crippen LogP contribution in [0.25, 0.3) is 5.78 Å². The van der Waals surface area contributed by atoms with Gasteiger partial charge in [0.1, 0.15) is 0 Å². The molecule has 0 bridgehead atoms. The second-order valence-corrected chi connectivity index (χ2v) is 4.61. The van der Waals surface area contributed by atoms with E-state index in [1.807, 2.05) is 19.9 Å². The van der Waals surface area contributed by atoms with Gasteiger partial charge in [-0.1, -0.05) is 0 Å². The Morgan fingerprint density at radius 2 is 2.21 bits per heavy atom. The number of fused-ring (bicyclic) bond motifs is 1. The highest BCUT2D eigenvalue weighted by molar-refractivity contribution is 5.78. The summed E-state index contributed by atoms with van der Waals surface area (Å²) in [4.78, 5) is 20.2. The lowest BCUT2D eigenvalue weighted by atomic mass is 10.3. The Kier molecular flexibility index (Phi) is 3.75. The van der Waals surface area contributed by atoms with E-state index in [0.717, 1.165) is 11.4 Å². The number of nitrogens with zero attached hydrogens (tertiary/aromatic N) is 4. The van der Waals surface area contributed by atoms with Crippen molar-refractivity contribution in [1.82, 2.24) is 24.9 Å². The molecule has 0 saturated heterocycles. The molecule has 0 radical (unpaired) electrons. The standard InChI is InChI=1S/C12H17N5O2/c1-7-4-9(3)17-12(14-7)15-10(16-17)5-11(19)13-8(2)6-18/h4,8,18H,5-6H2,1-3H3,(H,13,19). The van der Waals surface area contributed by atoms with Gasteiger partial charge in [0.2, 0.25) is 5.91 Å². The van der Waals surface area contributed by atoms with Crippen molar-refractivity contribution in [2.75, 3.05) is 6.61 Å². The SMILES string of the molecule is Cc1cc(C)n2nc(CC(=O)NC(C)CO)nc2n1. The lowest BCUT2D eigenvalue weighted by molar-refractivity contribution is -0.121. The molecule has 1 unspecified atom stereocenters. The second kappa shape index (κ2) is 5.31. The van der Waals surface area contributed by atoms with Crippen LogP contribution in [0.5, 0.6) is 0 Å². The van der Waals surface area contributed by atoms with Gasteiger partial charge in [0.15, 0.2) is 5.82 Å². The van der Waals surface area contributed by atoms with Crippen LogP contribution in [-0.4, -0.2) is 43.2 Å². The maximum absolute atomic E-state index is 11.7. The summed E-state index contributed by atoms with van der Waals surface area (Å²) in [6, 6.07) is 1.63. The van der Waals surface area contributed by atoms with Crippen LogP contribution >= 0.6 is 0 Å². The summed E-state index contributed by atoms with van der Waals surface area (Å²) < 4.78 is 1.62. The molecular formula is C12H17N5O2. The second-order valence-electron chi connectivity index (χ2n) is 4.61. The van der Waals surface area contributed by atoms with E-state index in [-0.39, 0.29) is 25.0 Å². The first-order chi connectivity index (χ1) is 8.99. The van der Waals surface area contributed by atoms with Gasteiger partial charge in [0.25, 0.3) is 5.78 Å². The predicted molar refractivity (Wildman–Crippen MR) is 68.7 cm³/mol. The molecule has 0 aromatic carbocycles. The van der Waals surface area contributed by atoms with Crippen LogP contribution in [0.4, 0.5) is 0 Å². The highest BCUT2D eigenvalue weighted by Crippen LogP contribution is 2.05. The Labute approximate surface area is 110 Å². The van der Waals surface area contributed by atoms with Crippen molar-refractivity contribution in [3.63, 3.8) is 0 Å². The average Bonchev–Trinajstić information content (AvgIpc) is 2.71. The molecule has 2 aromatic rings. The highest BCUT2D eigenvalue weighted by Gasteiger charge is 2.13. The first kappa shape index (κ1) is 13.4. The molecular weight excluding hydrogens is 246 g/mol. The Hall–Kier alpha value is -2.02. The van der Waals surface area contributed by atoms with Crippen LogP contribution in [0.15, 0.2) is 6.07 Å². The molecule has 0 aliphatic rings. The van der Waals surface area contributed by atoms with E-state index >= 15 is 0 Å². The fraction of sp³-hybridized carbons (Fsp3) is 0.500. The van der Waals surface area contributed by atoms with Gasteiger partial charge in [0.05, 0.1) is 13.0 Å². The molecule has 1 amide bonds. The monoisotopic (exact) mass is 263 g/mol. The molecule has 0 aliphatic heterocycles. The number of rotatable bonds is 4. The van der Waals surface area contributed by atoms with Gasteiger partial charge in [-0.15, -0.1) is 5.10 Å². The third-order valence-corrected chi connectivity index (χ3v) is 2.66. The quantitative estimate of drug-likeness (QED) is 0.795. The Balaban J connectivity index is 2.18. The van der Waals surface area contributed by atoms with E-state index in [1.54, 1.807) is 11.4 Å². The van der Waals surface area contributed by atoms with Gasteiger partial charge < -0.3 is 10.4 Å². The van der Waals surface area contributed by atoms with Gasteiger partial charge in [-0.05, 0) is 26.8 Å². The summed E-state index contributed by atoms with van der Waals surface area (Å²) in [7, 11) is 0. The zero-order valence-corrected chi connectivity index (χ0v) is 11.2. The first-order valence-corrected chi connectivity index (χ1v) is 6.09. The number of aryl methyl sites for hydroxylation is 2. The largest absolute Gasteiger partial charge is 0.394 e. The van der Waals surface area contributed by atoms with Crippen LogP contribution < -0.4 is 5.32 Å². The molecule has 7 heteroatoms. The fourth-order valence-electron chi connectivity index (χ4n) is 1.80. The molecule has 0 aliphatic carbocycles. The molecule has 2 heterocycles. The molecule has 102 valence electrons. The van der Waals surface area contributed by atoms with Crippen molar-refractivity contribution < 1.29 is 9.90 Å². The maximum atomic E-state index is 11.7. The fourth-order valence-corrected chi connectivity index (χ4v) is 1.80. The average molecular weight is 263 g/mol. The molecule has 0 fully saturated rings. The number of nitrogens with one attached hydrogen (secondary N) is 1. The molecule has 2 N–H and O–H groups in total. The van der Waals surface area contributed by atoms with Crippen molar-refractivity contribution in [3.8, 4) is 0 Å². The van der Waals surface area contributed by atoms with Crippen molar-refractivity contribution in [2.45, 2.75) is 33.2 Å². The Morgan fingerprint density at radius 1 is 1.47 bits per heavy atom. The zero-order valence-electron chi connectivity index (χ0n) is 11.2. The summed E-state index contributed by atoms with van der Waals surface area (Å²) in [5.74, 6) is 0.700. The van der Waals surface area contributed by atoms with Crippen molar-refractivity contribution >= 4 is 11.7 Å². The van der Waals surface area contributed by atoms with E-state index in [9.17, 15) is 4.79 Å². The molecule has 2 rings (SSSR count). The minimum Gasteiger partial charge on any atom is -0.394 e. The first-order valence-electron chi connectivity index (χ1n) is 6.09. The number of aliphatic hydroxyl groups is 1. The van der Waals surface area contributed by atoms with Crippen LogP contribution in [0, 0.1) is 13.8 Å². The van der Waals surface area contributed by atoms with Gasteiger partial charge >= 0.3 is 0 Å². The van der Waals surface area contributed by atoms with Crippen molar-refractivity contribution in [2.24, 2.45) is 0 Å². The Morgan fingerprint density at radius 3 is 2.89 bits per heavy atom. The summed E-state index contributed by atoms with van der Waals surface area (Å²) in [5.41, 5.74) is 1.78. The Bertz CT molecular complexity index is 607. The molecule has 19 heavy (non-hydrogen) atoms. The van der Waals surface area contributed by atoms with Gasteiger partial charge in [-0.3, -0.25) is 4.79 Å². The number of aromatic nitrogens is 4. The molecule has 1 atom stereocenters. The molecule has 2 aromatic heterocycles. The van der Waals surface area contributed by atoms with Crippen LogP contribution in [0.2, 0.25) is 0 Å². The summed E-state index contributed by atoms with van der Waals surface area (Å²) in [6.07, 6.45) is 0.0756. The summed E-state index contributed by atoms with van der Waals surface area (Å²) in [6.45, 7) is 5.43. The maximum Gasteiger partial charge on any atom is 0.252 e. The van der Waals surface area contributed by atoms with Gasteiger partial charge in [-0.2, -0.15) is 4.98 Å². The lowest BCUT2D eigenvalue weighted by Gasteiger charge is -2.08. The highest BCUT2D eigenvalue weighted by atomic mass is 16.3. The predicted octanol–water partition coefficient (Wildman–Crippen LogP) is -0.219. The number of aliphatic hydroxyl groups excluding tert-OH is 1. The van der Waals surface area contributed by atoms with Crippen molar-refractivity contribution in [1.29, 1.82) is 0 Å². The topological polar surface area (TPSA) is 92.4 Å². The van der Waals surface area contributed by atoms with Crippen LogP contribution in [0.3, 0.4) is 0 Å². The number of amides is 1. The smallest absolute Gasteiger partial charge is 0.252 e. The van der Waals surface area contributed by atoms with E-state index in [0.29, 0.717) is 11.6 Å². The normalized spacial score (nSPS) is 12.6. The molecule has 7 nitrogen and oxygen atoms in total. The van der Waals surface area contributed by atoms with Crippen molar-refractivity contribution in [3.05, 3.63) is 23.3 Å². The number of hydrogen-bond acceptors (Lipinski definition) is 5. The van der Waals surface area contributed by atoms with Crippen LogP contribution in [-0.2, 0) is 11.2 Å². The molecule has 0 spiro atoms. The third-order valence-electron chi connectivity index (χ3n) is 2.66. The van der Waals surface area contributed by atoms with E-state index < -0.39 is 0 Å². The van der Waals surface area contributed by atoms with Gasteiger partial charge in [0, 0.05) is 17.4 Å². The van der Waals surface area contributed by atoms with E-state index in [4.69, 9.17) is 5.11 Å². The number of carbonyl (C=O) groups excluding carboxylic acids is 1. The lowest BCUT2D eigenvalue weighted by Crippen LogP contribution is -2.36. The minimum atomic E-state index is -0.272. The number of carbonyl (C=O) groups is 1. The summed E-state index contributed by atoms with van der Waals surface area (Å²) in [5, 5.41) is 15.8. The minimum absolute atomic E-state index is 0.0756.